The zero-order valence-corrected chi connectivity index (χ0v) is 25.8. The van der Waals surface area contributed by atoms with Crippen LogP contribution in [0.5, 0.6) is 5.75 Å². The van der Waals surface area contributed by atoms with Gasteiger partial charge in [0, 0.05) is 30.4 Å². The average molecular weight is 630 g/mol. The Morgan fingerprint density at radius 1 is 0.978 bits per heavy atom. The first-order valence-corrected chi connectivity index (χ1v) is 15.8. The summed E-state index contributed by atoms with van der Waals surface area (Å²) in [7, 11) is -3.92. The number of aliphatic imine (C=N–C) groups is 1. The number of hydrogen-bond donors (Lipinski definition) is 2. The number of sulfonamides is 1. The first kappa shape index (κ1) is 32.8. The van der Waals surface area contributed by atoms with Crippen molar-refractivity contribution < 1.29 is 27.5 Å². The number of hydrogen-bond acceptors (Lipinski definition) is 7. The highest BCUT2D eigenvalue weighted by molar-refractivity contribution is 7.89. The van der Waals surface area contributed by atoms with Crippen molar-refractivity contribution in [3.8, 4) is 16.9 Å². The van der Waals surface area contributed by atoms with Gasteiger partial charge in [0.25, 0.3) is 0 Å². The molecule has 0 radical (unpaired) electrons. The lowest BCUT2D eigenvalue weighted by Crippen LogP contribution is -2.34. The van der Waals surface area contributed by atoms with Crippen molar-refractivity contribution in [2.75, 3.05) is 6.54 Å². The van der Waals surface area contributed by atoms with Crippen molar-refractivity contribution in [1.82, 2.24) is 9.88 Å². The third-order valence-electron chi connectivity index (χ3n) is 6.79. The summed E-state index contributed by atoms with van der Waals surface area (Å²) in [4.78, 5) is 35.3. The first-order valence-electron chi connectivity index (χ1n) is 14.3. The molecule has 0 aliphatic heterocycles. The number of ether oxygens (including phenoxy) is 2. The maximum atomic E-state index is 13.2. The van der Waals surface area contributed by atoms with E-state index in [2.05, 4.69) is 9.98 Å². The predicted molar refractivity (Wildman–Crippen MR) is 171 cm³/mol. The molecule has 1 atom stereocenters. The molecule has 45 heavy (non-hydrogen) atoms. The normalized spacial score (nSPS) is 12.3. The summed E-state index contributed by atoms with van der Waals surface area (Å²) < 4.78 is 35.0. The van der Waals surface area contributed by atoms with Gasteiger partial charge < -0.3 is 20.1 Å². The number of rotatable bonds is 11. The van der Waals surface area contributed by atoms with Gasteiger partial charge in [-0.1, -0.05) is 67.9 Å². The fourth-order valence-corrected chi connectivity index (χ4v) is 5.23. The number of carbonyl (C=O) groups is 2. The van der Waals surface area contributed by atoms with E-state index in [4.69, 9.17) is 20.3 Å². The summed E-state index contributed by atoms with van der Waals surface area (Å²) in [5.74, 6) is 0.267. The van der Waals surface area contributed by atoms with Crippen molar-refractivity contribution in [2.45, 2.75) is 44.2 Å². The van der Waals surface area contributed by atoms with Gasteiger partial charge in [0.1, 0.15) is 17.7 Å². The quantitative estimate of drug-likeness (QED) is 0.155. The Labute approximate surface area is 262 Å². The highest BCUT2D eigenvalue weighted by Gasteiger charge is 2.19. The summed E-state index contributed by atoms with van der Waals surface area (Å²) in [6.07, 6.45) is 1.22. The number of amidine groups is 1. The summed E-state index contributed by atoms with van der Waals surface area (Å²) >= 11 is 0. The molecule has 4 rings (SSSR count). The molecule has 11 nitrogen and oxygen atoms in total. The number of pyridine rings is 1. The molecule has 0 bridgehead atoms. The van der Waals surface area contributed by atoms with Gasteiger partial charge in [-0.15, -0.1) is 0 Å². The van der Waals surface area contributed by atoms with Crippen LogP contribution in [-0.2, 0) is 21.3 Å². The number of carbonyl (C=O) groups excluding carboxylic acids is 2. The van der Waals surface area contributed by atoms with Crippen LogP contribution in [-0.4, -0.2) is 42.9 Å². The van der Waals surface area contributed by atoms with Crippen molar-refractivity contribution in [3.63, 3.8) is 0 Å². The number of unbranched alkanes of at least 4 members (excludes halogenated alkanes) is 1. The number of benzene rings is 3. The molecule has 0 saturated carbocycles. The van der Waals surface area contributed by atoms with Gasteiger partial charge in [-0.05, 0) is 60.9 Å². The Balaban J connectivity index is 1.44. The predicted octanol–water partition coefficient (Wildman–Crippen LogP) is 5.80. The van der Waals surface area contributed by atoms with Gasteiger partial charge in [0.05, 0.1) is 10.6 Å². The van der Waals surface area contributed by atoms with Gasteiger partial charge in [0.2, 0.25) is 10.0 Å². The number of amides is 2. The fourth-order valence-electron chi connectivity index (χ4n) is 4.47. The van der Waals surface area contributed by atoms with Gasteiger partial charge >= 0.3 is 12.2 Å². The molecule has 1 unspecified atom stereocenters. The monoisotopic (exact) mass is 629 g/mol. The molecule has 3 aromatic carbocycles. The molecule has 1 heterocycles. The third kappa shape index (κ3) is 9.21. The van der Waals surface area contributed by atoms with Gasteiger partial charge in [-0.2, -0.15) is 4.99 Å². The minimum Gasteiger partial charge on any atom is -0.438 e. The number of primary sulfonamides is 1. The lowest BCUT2D eigenvalue weighted by Gasteiger charge is -2.22. The Morgan fingerprint density at radius 2 is 1.71 bits per heavy atom. The lowest BCUT2D eigenvalue weighted by molar-refractivity contribution is 0.115. The fraction of sp³-hybridized carbons (Fsp3) is 0.212. The Kier molecular flexibility index (Phi) is 11.0. The Hall–Kier alpha value is -5.07. The Morgan fingerprint density at radius 3 is 2.40 bits per heavy atom. The molecule has 0 aliphatic rings. The molecule has 4 aromatic rings. The van der Waals surface area contributed by atoms with Crippen molar-refractivity contribution in [3.05, 3.63) is 114 Å². The summed E-state index contributed by atoms with van der Waals surface area (Å²) in [6.45, 7) is 4.38. The molecular weight excluding hydrogens is 594 g/mol. The summed E-state index contributed by atoms with van der Waals surface area (Å²) in [5.41, 5.74) is 9.01. The number of nitrogens with two attached hydrogens (primary N) is 2. The minimum atomic E-state index is -3.92. The van der Waals surface area contributed by atoms with Gasteiger partial charge in [0.15, 0.2) is 0 Å². The molecule has 2 amide bonds. The Bertz CT molecular complexity index is 1760. The SMILES string of the molecule is CCCCN(Cc1cccc(C(N)=NC(=O)OC(C)c2ccccn2)c1)C(=O)Oc1ccc(-c2ccccc2S(N)(=O)=O)cc1. The van der Waals surface area contributed by atoms with Crippen LogP contribution in [0.25, 0.3) is 11.1 Å². The standard InChI is InChI=1S/C33H35N5O6S/c1-3-4-20-38(33(40)44-27-17-15-25(16-18-27)28-12-5-6-14-30(28)45(35,41)42)22-24-10-9-11-26(21-24)31(34)37-32(39)43-23(2)29-13-7-8-19-36-29/h5-19,21,23H,3-4,20,22H2,1-2H3,(H2,34,37,39)(H2,35,41,42). The van der Waals surface area contributed by atoms with E-state index in [9.17, 15) is 18.0 Å². The molecule has 0 fully saturated rings. The van der Waals surface area contributed by atoms with E-state index >= 15 is 0 Å². The largest absolute Gasteiger partial charge is 0.438 e. The molecule has 1 aromatic heterocycles. The maximum Gasteiger partial charge on any atom is 0.436 e. The van der Waals surface area contributed by atoms with E-state index < -0.39 is 28.3 Å². The van der Waals surface area contributed by atoms with Gasteiger partial charge in [-0.3, -0.25) is 4.98 Å². The van der Waals surface area contributed by atoms with E-state index in [-0.39, 0.29) is 17.3 Å². The lowest BCUT2D eigenvalue weighted by atomic mass is 10.1. The van der Waals surface area contributed by atoms with E-state index in [0.29, 0.717) is 34.7 Å². The van der Waals surface area contributed by atoms with Crippen LogP contribution >= 0.6 is 0 Å². The second-order valence-corrected chi connectivity index (χ2v) is 11.7. The molecule has 4 N–H and O–H groups in total. The van der Waals surface area contributed by atoms with Crippen LogP contribution in [0.1, 0.15) is 49.6 Å². The van der Waals surface area contributed by atoms with E-state index in [1.54, 1.807) is 96.9 Å². The summed E-state index contributed by atoms with van der Waals surface area (Å²) in [5, 5.41) is 5.37. The molecule has 12 heteroatoms. The zero-order chi connectivity index (χ0) is 32.4. The van der Waals surface area contributed by atoms with E-state index in [0.717, 1.165) is 18.4 Å². The van der Waals surface area contributed by atoms with Gasteiger partial charge in [-0.25, -0.2) is 23.1 Å². The molecule has 0 spiro atoms. The highest BCUT2D eigenvalue weighted by Crippen LogP contribution is 2.28. The van der Waals surface area contributed by atoms with Crippen molar-refractivity contribution in [1.29, 1.82) is 0 Å². The number of nitrogens with zero attached hydrogens (tertiary/aromatic N) is 3. The van der Waals surface area contributed by atoms with E-state index in [1.807, 2.05) is 13.0 Å². The smallest absolute Gasteiger partial charge is 0.436 e. The minimum absolute atomic E-state index is 0.00401. The van der Waals surface area contributed by atoms with Crippen LogP contribution in [0.15, 0.2) is 107 Å². The topological polar surface area (TPSA) is 167 Å². The third-order valence-corrected chi connectivity index (χ3v) is 7.76. The molecular formula is C33H35N5O6S. The number of aromatic nitrogens is 1. The molecule has 0 saturated heterocycles. The van der Waals surface area contributed by atoms with Crippen LogP contribution in [0.2, 0.25) is 0 Å². The first-order chi connectivity index (χ1) is 21.5. The van der Waals surface area contributed by atoms with Crippen LogP contribution in [0.4, 0.5) is 9.59 Å². The second kappa shape index (κ2) is 15.1. The van der Waals surface area contributed by atoms with Crippen LogP contribution in [0, 0.1) is 0 Å². The second-order valence-electron chi connectivity index (χ2n) is 10.2. The van der Waals surface area contributed by atoms with Crippen LogP contribution in [0.3, 0.4) is 0 Å². The highest BCUT2D eigenvalue weighted by atomic mass is 32.2. The molecule has 0 aliphatic carbocycles. The zero-order valence-electron chi connectivity index (χ0n) is 25.0. The maximum absolute atomic E-state index is 13.2. The average Bonchev–Trinajstić information content (AvgIpc) is 3.03. The van der Waals surface area contributed by atoms with Crippen LogP contribution < -0.4 is 15.6 Å². The van der Waals surface area contributed by atoms with E-state index in [1.165, 1.54) is 6.07 Å². The van der Waals surface area contributed by atoms with Crippen molar-refractivity contribution >= 4 is 28.0 Å². The molecule has 234 valence electrons. The summed E-state index contributed by atoms with van der Waals surface area (Å²) in [6, 6.07) is 25.3. The van der Waals surface area contributed by atoms with Crippen molar-refractivity contribution in [2.24, 2.45) is 15.9 Å².